The largest absolute Gasteiger partial charge is 0.490 e. The van der Waals surface area contributed by atoms with E-state index in [0.29, 0.717) is 28.7 Å². The summed E-state index contributed by atoms with van der Waals surface area (Å²) in [7, 11) is 0. The Bertz CT molecular complexity index is 1810. The van der Waals surface area contributed by atoms with Crippen molar-refractivity contribution in [2.24, 2.45) is 0 Å². The number of nitrogens with zero attached hydrogens (tertiary/aromatic N) is 5. The number of benzene rings is 2. The molecule has 0 spiro atoms. The van der Waals surface area contributed by atoms with Crippen LogP contribution in [0, 0.1) is 13.8 Å². The Morgan fingerprint density at radius 1 is 0.898 bits per heavy atom. The average molecular weight is 689 g/mol. The molecule has 4 N–H and O–H groups in total. The molecule has 1 aliphatic rings. The van der Waals surface area contributed by atoms with Gasteiger partial charge in [-0.25, -0.2) is 19.7 Å². The topological polar surface area (TPSA) is 145 Å². The fourth-order valence-electron chi connectivity index (χ4n) is 4.40. The van der Waals surface area contributed by atoms with Crippen molar-refractivity contribution in [3.63, 3.8) is 0 Å². The number of aryl methyl sites for hydroxylation is 2. The van der Waals surface area contributed by atoms with Gasteiger partial charge in [-0.15, -0.1) is 0 Å². The van der Waals surface area contributed by atoms with Crippen molar-refractivity contribution in [3.05, 3.63) is 94.7 Å². The third-order valence-corrected chi connectivity index (χ3v) is 6.86. The summed E-state index contributed by atoms with van der Waals surface area (Å²) in [6.07, 6.45) is -2.79. The summed E-state index contributed by atoms with van der Waals surface area (Å²) < 4.78 is 70.8. The van der Waals surface area contributed by atoms with Gasteiger partial charge < -0.3 is 26.0 Å². The van der Waals surface area contributed by atoms with Crippen LogP contribution in [0.25, 0.3) is 12.2 Å². The average Bonchev–Trinajstić information content (AvgIpc) is 3.05. The first kappa shape index (κ1) is 36.3. The maximum absolute atomic E-state index is 13.0. The van der Waals surface area contributed by atoms with Gasteiger partial charge in [0.2, 0.25) is 0 Å². The van der Waals surface area contributed by atoms with Gasteiger partial charge in [0.05, 0.1) is 23.7 Å². The zero-order valence-electron chi connectivity index (χ0n) is 26.0. The number of aliphatic carboxylic acids is 1. The molecule has 5 rings (SSSR count). The van der Waals surface area contributed by atoms with Crippen LogP contribution in [0.2, 0.25) is 0 Å². The molecule has 11 nitrogen and oxygen atoms in total. The minimum absolute atomic E-state index is 0.0635. The first-order chi connectivity index (χ1) is 23.1. The second-order valence-electron chi connectivity index (χ2n) is 10.6. The second kappa shape index (κ2) is 15.5. The van der Waals surface area contributed by atoms with Gasteiger partial charge in [-0.3, -0.25) is 9.78 Å². The first-order valence-corrected chi connectivity index (χ1v) is 14.6. The SMILES string of the molecule is Cc1nc(Nc2cnc(/C=C/c3cc(C(=O)Nc4cccc(C(F)(F)F)c4)ccc3C)cn2)cc(N2CCNCC2)n1.O=C(O)C(F)(F)F. The summed E-state index contributed by atoms with van der Waals surface area (Å²) in [4.78, 5) is 41.8. The van der Waals surface area contributed by atoms with E-state index in [1.54, 1.807) is 42.7 Å². The number of carboxylic acid groups (broad SMARTS) is 1. The minimum atomic E-state index is -5.08. The highest BCUT2D eigenvalue weighted by Crippen LogP contribution is 2.31. The Hall–Kier alpha value is -5.58. The summed E-state index contributed by atoms with van der Waals surface area (Å²) in [5, 5.41) is 16.2. The van der Waals surface area contributed by atoms with Gasteiger partial charge in [-0.2, -0.15) is 26.3 Å². The van der Waals surface area contributed by atoms with E-state index in [2.05, 4.69) is 40.8 Å². The lowest BCUT2D eigenvalue weighted by molar-refractivity contribution is -0.192. The molecule has 17 heteroatoms. The fraction of sp³-hybridized carbons (Fsp3) is 0.250. The quantitative estimate of drug-likeness (QED) is 0.168. The molecule has 0 atom stereocenters. The molecule has 3 heterocycles. The predicted molar refractivity (Wildman–Crippen MR) is 170 cm³/mol. The van der Waals surface area contributed by atoms with Gasteiger partial charge in [0, 0.05) is 43.5 Å². The standard InChI is InChI=1S/C30H29F3N8O.C2HF3O2/c1-19-6-7-22(29(42)39-24-5-3-4-23(15-24)30(31,32)33)14-21(19)8-9-25-17-36-27(18-35-25)40-26-16-28(38-20(2)37-26)41-12-10-34-11-13-41;3-2(4,5)1(6)7/h3-9,14-18,34H,10-13H2,1-2H3,(H,39,42)(H,36,37,38,40);(H,6,7)/b9-8+;. The van der Waals surface area contributed by atoms with Crippen LogP contribution in [0.15, 0.2) is 60.9 Å². The third-order valence-electron chi connectivity index (χ3n) is 6.86. The number of hydrogen-bond donors (Lipinski definition) is 4. The van der Waals surface area contributed by atoms with Gasteiger partial charge in [0.1, 0.15) is 23.3 Å². The number of piperazine rings is 1. The lowest BCUT2D eigenvalue weighted by Crippen LogP contribution is -2.44. The molecule has 0 saturated carbocycles. The van der Waals surface area contributed by atoms with E-state index in [0.717, 1.165) is 55.3 Å². The highest BCUT2D eigenvalue weighted by Gasteiger charge is 2.38. The fourth-order valence-corrected chi connectivity index (χ4v) is 4.40. The zero-order chi connectivity index (χ0) is 35.8. The van der Waals surface area contributed by atoms with E-state index in [1.165, 1.54) is 12.1 Å². The number of anilines is 4. The van der Waals surface area contributed by atoms with Crippen LogP contribution >= 0.6 is 0 Å². The van der Waals surface area contributed by atoms with Crippen molar-refractivity contribution >= 4 is 47.2 Å². The van der Waals surface area contributed by atoms with Crippen molar-refractivity contribution in [2.75, 3.05) is 41.7 Å². The number of carboxylic acids is 1. The lowest BCUT2D eigenvalue weighted by atomic mass is 10.0. The van der Waals surface area contributed by atoms with Crippen molar-refractivity contribution in [3.8, 4) is 0 Å². The number of nitrogens with one attached hydrogen (secondary N) is 3. The smallest absolute Gasteiger partial charge is 0.475 e. The number of halogens is 6. The molecule has 2 aromatic heterocycles. The van der Waals surface area contributed by atoms with E-state index in [1.807, 2.05) is 19.9 Å². The number of carbonyl (C=O) groups is 2. The van der Waals surface area contributed by atoms with Crippen LogP contribution < -0.4 is 20.9 Å². The van der Waals surface area contributed by atoms with E-state index in [-0.39, 0.29) is 5.69 Å². The molecule has 0 aliphatic carbocycles. The minimum Gasteiger partial charge on any atom is -0.475 e. The molecule has 1 amide bonds. The van der Waals surface area contributed by atoms with E-state index < -0.39 is 29.8 Å². The van der Waals surface area contributed by atoms with Crippen LogP contribution in [-0.2, 0) is 11.0 Å². The summed E-state index contributed by atoms with van der Waals surface area (Å²) in [6, 6.07) is 11.5. The van der Waals surface area contributed by atoms with Crippen LogP contribution in [0.5, 0.6) is 0 Å². The number of alkyl halides is 6. The Kier molecular flexibility index (Phi) is 11.5. The summed E-state index contributed by atoms with van der Waals surface area (Å²) in [5.74, 6) is -0.598. The monoisotopic (exact) mass is 688 g/mol. The van der Waals surface area contributed by atoms with Crippen LogP contribution in [0.4, 0.5) is 49.5 Å². The van der Waals surface area contributed by atoms with Crippen LogP contribution in [0.3, 0.4) is 0 Å². The van der Waals surface area contributed by atoms with E-state index >= 15 is 0 Å². The Morgan fingerprint density at radius 3 is 2.24 bits per heavy atom. The number of carbonyl (C=O) groups excluding carboxylic acids is 1. The van der Waals surface area contributed by atoms with Crippen molar-refractivity contribution in [1.82, 2.24) is 25.3 Å². The van der Waals surface area contributed by atoms with Crippen molar-refractivity contribution in [1.29, 1.82) is 0 Å². The molecule has 2 aromatic carbocycles. The molecule has 0 bridgehead atoms. The third kappa shape index (κ3) is 10.7. The molecule has 1 fully saturated rings. The zero-order valence-corrected chi connectivity index (χ0v) is 26.0. The molecule has 0 unspecified atom stereocenters. The summed E-state index contributed by atoms with van der Waals surface area (Å²) in [5.41, 5.74) is 1.80. The van der Waals surface area contributed by atoms with Crippen LogP contribution in [-0.4, -0.2) is 69.3 Å². The second-order valence-corrected chi connectivity index (χ2v) is 10.6. The van der Waals surface area contributed by atoms with Gasteiger partial charge >= 0.3 is 18.3 Å². The molecular weight excluding hydrogens is 658 g/mol. The molecule has 258 valence electrons. The van der Waals surface area contributed by atoms with E-state index in [4.69, 9.17) is 9.90 Å². The number of amides is 1. The van der Waals surface area contributed by atoms with Gasteiger partial charge in [0.25, 0.3) is 5.91 Å². The Balaban J connectivity index is 0.000000698. The number of aromatic nitrogens is 4. The normalized spacial score (nSPS) is 13.4. The highest BCUT2D eigenvalue weighted by atomic mass is 19.4. The predicted octanol–water partition coefficient (Wildman–Crippen LogP) is 6.11. The molecule has 1 aliphatic heterocycles. The highest BCUT2D eigenvalue weighted by molar-refractivity contribution is 6.04. The lowest BCUT2D eigenvalue weighted by Gasteiger charge is -2.28. The molecule has 1 saturated heterocycles. The van der Waals surface area contributed by atoms with E-state index in [9.17, 15) is 31.1 Å². The first-order valence-electron chi connectivity index (χ1n) is 14.6. The van der Waals surface area contributed by atoms with Gasteiger partial charge in [-0.1, -0.05) is 18.2 Å². The molecule has 49 heavy (non-hydrogen) atoms. The van der Waals surface area contributed by atoms with Crippen LogP contribution in [0.1, 0.15) is 38.6 Å². The molecule has 0 radical (unpaired) electrons. The Morgan fingerprint density at radius 2 is 1.61 bits per heavy atom. The summed E-state index contributed by atoms with van der Waals surface area (Å²) in [6.45, 7) is 7.30. The molecule has 4 aromatic rings. The van der Waals surface area contributed by atoms with Gasteiger partial charge in [0.15, 0.2) is 0 Å². The number of rotatable bonds is 7. The van der Waals surface area contributed by atoms with Crippen molar-refractivity contribution in [2.45, 2.75) is 26.2 Å². The summed E-state index contributed by atoms with van der Waals surface area (Å²) >= 11 is 0. The number of hydrogen-bond acceptors (Lipinski definition) is 9. The molecular formula is C32H30F6N8O3. The maximum Gasteiger partial charge on any atom is 0.490 e. The van der Waals surface area contributed by atoms with Gasteiger partial charge in [-0.05, 0) is 61.4 Å². The maximum atomic E-state index is 13.0. The van der Waals surface area contributed by atoms with Crippen molar-refractivity contribution < 1.29 is 41.0 Å². The Labute approximate surface area is 276 Å².